The quantitative estimate of drug-likeness (QED) is 0.594. The Hall–Kier alpha value is -3.13. The molecule has 0 atom stereocenters. The maximum atomic E-state index is 12.8. The molecule has 2 aromatic carbocycles. The zero-order valence-electron chi connectivity index (χ0n) is 14.5. The Kier molecular flexibility index (Phi) is 5.27. The zero-order chi connectivity index (χ0) is 19.6. The third-order valence-corrected chi connectivity index (χ3v) is 4.43. The smallest absolute Gasteiger partial charge is 0.335 e. The number of ether oxygens (including phenoxy) is 2. The molecule has 138 valence electrons. The van der Waals surface area contributed by atoms with Crippen LogP contribution in [0.1, 0.15) is 5.56 Å². The minimum atomic E-state index is -0.795. The average Bonchev–Trinajstić information content (AvgIpc) is 2.66. The van der Waals surface area contributed by atoms with Crippen LogP contribution in [0.15, 0.2) is 52.5 Å². The van der Waals surface area contributed by atoms with Crippen molar-refractivity contribution in [1.82, 2.24) is 5.32 Å². The fourth-order valence-electron chi connectivity index (χ4n) is 2.59. The van der Waals surface area contributed by atoms with Gasteiger partial charge in [0.2, 0.25) is 0 Å². The van der Waals surface area contributed by atoms with E-state index < -0.39 is 17.8 Å². The summed E-state index contributed by atoms with van der Waals surface area (Å²) in [6, 6.07) is 10.8. The lowest BCUT2D eigenvalue weighted by Gasteiger charge is -2.26. The van der Waals surface area contributed by atoms with Crippen molar-refractivity contribution in [3.05, 3.63) is 58.1 Å². The highest BCUT2D eigenvalue weighted by molar-refractivity contribution is 9.10. The summed E-state index contributed by atoms with van der Waals surface area (Å²) in [5, 5.41) is 2.19. The fourth-order valence-corrected chi connectivity index (χ4v) is 2.86. The summed E-state index contributed by atoms with van der Waals surface area (Å²) in [4.78, 5) is 38.1. The zero-order valence-corrected chi connectivity index (χ0v) is 16.1. The highest BCUT2D eigenvalue weighted by Crippen LogP contribution is 2.29. The number of nitrogens with zero attached hydrogens (tertiary/aromatic N) is 1. The van der Waals surface area contributed by atoms with Gasteiger partial charge in [-0.1, -0.05) is 22.0 Å². The molecule has 4 amide bonds. The van der Waals surface area contributed by atoms with E-state index in [0.717, 1.165) is 9.37 Å². The van der Waals surface area contributed by atoms with Gasteiger partial charge in [-0.25, -0.2) is 9.69 Å². The van der Waals surface area contributed by atoms with Crippen LogP contribution in [0.5, 0.6) is 11.5 Å². The number of rotatable bonds is 4. The average molecular weight is 431 g/mol. The molecule has 27 heavy (non-hydrogen) atoms. The standard InChI is InChI=1S/C19H15BrN2O5/c1-26-15-8-3-11(10-16(15)27-2)9-14-17(23)21-19(25)22(18(14)24)13-6-4-12(20)5-7-13/h3-10H,1-2H3,(H,21,23,25)/b14-9+. The van der Waals surface area contributed by atoms with E-state index in [4.69, 9.17) is 9.47 Å². The Bertz CT molecular complexity index is 953. The predicted octanol–water partition coefficient (Wildman–Crippen LogP) is 3.13. The molecule has 1 fully saturated rings. The number of hydrogen-bond acceptors (Lipinski definition) is 5. The molecule has 3 rings (SSSR count). The van der Waals surface area contributed by atoms with E-state index in [0.29, 0.717) is 22.7 Å². The Balaban J connectivity index is 2.00. The van der Waals surface area contributed by atoms with Crippen LogP contribution in [0.3, 0.4) is 0 Å². The molecule has 0 radical (unpaired) electrons. The van der Waals surface area contributed by atoms with Gasteiger partial charge in [0, 0.05) is 4.47 Å². The second-order valence-corrected chi connectivity index (χ2v) is 6.46. The summed E-state index contributed by atoms with van der Waals surface area (Å²) in [5.74, 6) is -0.490. The van der Waals surface area contributed by atoms with Crippen LogP contribution >= 0.6 is 15.9 Å². The largest absolute Gasteiger partial charge is 0.493 e. The molecule has 7 nitrogen and oxygen atoms in total. The van der Waals surface area contributed by atoms with Crippen LogP contribution in [-0.2, 0) is 9.59 Å². The highest BCUT2D eigenvalue weighted by atomic mass is 79.9. The van der Waals surface area contributed by atoms with Crippen molar-refractivity contribution >= 4 is 45.5 Å². The third-order valence-electron chi connectivity index (χ3n) is 3.91. The lowest BCUT2D eigenvalue weighted by atomic mass is 10.1. The van der Waals surface area contributed by atoms with Crippen LogP contribution in [0.4, 0.5) is 10.5 Å². The van der Waals surface area contributed by atoms with Gasteiger partial charge in [0.05, 0.1) is 19.9 Å². The van der Waals surface area contributed by atoms with Gasteiger partial charge in [0.15, 0.2) is 11.5 Å². The number of benzene rings is 2. The molecule has 8 heteroatoms. The van der Waals surface area contributed by atoms with Crippen molar-refractivity contribution < 1.29 is 23.9 Å². The van der Waals surface area contributed by atoms with Gasteiger partial charge >= 0.3 is 6.03 Å². The maximum absolute atomic E-state index is 12.8. The Morgan fingerprint density at radius 2 is 1.63 bits per heavy atom. The van der Waals surface area contributed by atoms with Crippen molar-refractivity contribution in [1.29, 1.82) is 0 Å². The molecule has 0 unspecified atom stereocenters. The molecular formula is C19H15BrN2O5. The van der Waals surface area contributed by atoms with E-state index in [1.807, 2.05) is 0 Å². The summed E-state index contributed by atoms with van der Waals surface area (Å²) < 4.78 is 11.2. The minimum Gasteiger partial charge on any atom is -0.493 e. The SMILES string of the molecule is COc1ccc(/C=C2\C(=O)NC(=O)N(c3ccc(Br)cc3)C2=O)cc1OC. The lowest BCUT2D eigenvalue weighted by molar-refractivity contribution is -0.122. The first kappa shape index (κ1) is 18.7. The van der Waals surface area contributed by atoms with Crippen LogP contribution < -0.4 is 19.7 Å². The highest BCUT2D eigenvalue weighted by Gasteiger charge is 2.36. The lowest BCUT2D eigenvalue weighted by Crippen LogP contribution is -2.54. The number of halogens is 1. The van der Waals surface area contributed by atoms with E-state index in [9.17, 15) is 14.4 Å². The molecule has 2 aromatic rings. The van der Waals surface area contributed by atoms with Gasteiger partial charge in [0.25, 0.3) is 11.8 Å². The van der Waals surface area contributed by atoms with Crippen molar-refractivity contribution in [2.75, 3.05) is 19.1 Å². The maximum Gasteiger partial charge on any atom is 0.335 e. The number of carbonyl (C=O) groups is 3. The molecular weight excluding hydrogens is 416 g/mol. The second-order valence-electron chi connectivity index (χ2n) is 5.55. The number of barbiturate groups is 1. The number of nitrogens with one attached hydrogen (secondary N) is 1. The topological polar surface area (TPSA) is 84.9 Å². The molecule has 0 spiro atoms. The third kappa shape index (κ3) is 3.70. The van der Waals surface area contributed by atoms with E-state index in [2.05, 4.69) is 21.2 Å². The van der Waals surface area contributed by atoms with E-state index in [-0.39, 0.29) is 5.57 Å². The first-order valence-electron chi connectivity index (χ1n) is 7.83. The number of urea groups is 1. The summed E-state index contributed by atoms with van der Waals surface area (Å²) in [7, 11) is 3.00. The number of imide groups is 2. The van der Waals surface area contributed by atoms with Gasteiger partial charge in [-0.05, 0) is 48.0 Å². The molecule has 0 bridgehead atoms. The van der Waals surface area contributed by atoms with Crippen LogP contribution in [-0.4, -0.2) is 32.1 Å². The Labute approximate surface area is 163 Å². The minimum absolute atomic E-state index is 0.162. The number of carbonyl (C=O) groups excluding carboxylic acids is 3. The molecule has 1 aliphatic rings. The van der Waals surface area contributed by atoms with Gasteiger partial charge in [0.1, 0.15) is 5.57 Å². The molecule has 0 aliphatic carbocycles. The van der Waals surface area contributed by atoms with Crippen molar-refractivity contribution in [2.45, 2.75) is 0 Å². The molecule has 1 aliphatic heterocycles. The predicted molar refractivity (Wildman–Crippen MR) is 103 cm³/mol. The fraction of sp³-hybridized carbons (Fsp3) is 0.105. The normalized spacial score (nSPS) is 15.7. The van der Waals surface area contributed by atoms with Gasteiger partial charge in [-0.15, -0.1) is 0 Å². The first-order valence-corrected chi connectivity index (χ1v) is 8.63. The van der Waals surface area contributed by atoms with E-state index in [1.54, 1.807) is 42.5 Å². The van der Waals surface area contributed by atoms with Gasteiger partial charge < -0.3 is 9.47 Å². The van der Waals surface area contributed by atoms with Crippen molar-refractivity contribution in [3.8, 4) is 11.5 Å². The number of hydrogen-bond donors (Lipinski definition) is 1. The summed E-state index contributed by atoms with van der Waals surface area (Å²) in [6.07, 6.45) is 1.40. The molecule has 1 heterocycles. The summed E-state index contributed by atoms with van der Waals surface area (Å²) in [5.41, 5.74) is 0.743. The first-order chi connectivity index (χ1) is 12.9. The van der Waals surface area contributed by atoms with Crippen molar-refractivity contribution in [3.63, 3.8) is 0 Å². The van der Waals surface area contributed by atoms with E-state index >= 15 is 0 Å². The number of amides is 4. The summed E-state index contributed by atoms with van der Waals surface area (Å²) in [6.45, 7) is 0. The summed E-state index contributed by atoms with van der Waals surface area (Å²) >= 11 is 3.30. The van der Waals surface area contributed by atoms with Crippen LogP contribution in [0.25, 0.3) is 6.08 Å². The monoisotopic (exact) mass is 430 g/mol. The van der Waals surface area contributed by atoms with E-state index in [1.165, 1.54) is 20.3 Å². The molecule has 0 saturated carbocycles. The molecule has 0 aromatic heterocycles. The van der Waals surface area contributed by atoms with Crippen molar-refractivity contribution in [2.24, 2.45) is 0 Å². The Morgan fingerprint density at radius 3 is 2.26 bits per heavy atom. The Morgan fingerprint density at radius 1 is 0.963 bits per heavy atom. The van der Waals surface area contributed by atoms with Crippen LogP contribution in [0.2, 0.25) is 0 Å². The second kappa shape index (κ2) is 7.63. The molecule has 1 N–H and O–H groups in total. The molecule has 1 saturated heterocycles. The number of anilines is 1. The number of methoxy groups -OCH3 is 2. The van der Waals surface area contributed by atoms with Crippen LogP contribution in [0, 0.1) is 0 Å². The van der Waals surface area contributed by atoms with Gasteiger partial charge in [-0.2, -0.15) is 0 Å². The van der Waals surface area contributed by atoms with Gasteiger partial charge in [-0.3, -0.25) is 14.9 Å².